The van der Waals surface area contributed by atoms with Crippen LogP contribution in [0.1, 0.15) is 32.6 Å². The van der Waals surface area contributed by atoms with E-state index in [1.165, 1.54) is 19.3 Å². The molecular weight excluding hydrogens is 216 g/mol. The first kappa shape index (κ1) is 13.3. The Bertz CT molecular complexity index is 202. The summed E-state index contributed by atoms with van der Waals surface area (Å²) in [6, 6.07) is 1.04. The van der Waals surface area contributed by atoms with Crippen molar-refractivity contribution in [3.05, 3.63) is 0 Å². The van der Waals surface area contributed by atoms with E-state index >= 15 is 0 Å². The van der Waals surface area contributed by atoms with Gasteiger partial charge in [-0.15, -0.1) is 0 Å². The average molecular weight is 242 g/mol. The lowest BCUT2D eigenvalue weighted by atomic mass is 10.1. The van der Waals surface area contributed by atoms with Crippen LogP contribution in [0.2, 0.25) is 0 Å². The molecule has 2 fully saturated rings. The predicted octanol–water partition coefficient (Wildman–Crippen LogP) is 0.912. The molecule has 4 nitrogen and oxygen atoms in total. The lowest BCUT2D eigenvalue weighted by molar-refractivity contribution is 0.0146. The van der Waals surface area contributed by atoms with Crippen LogP contribution in [0.3, 0.4) is 0 Å². The van der Waals surface area contributed by atoms with Crippen LogP contribution in [0.15, 0.2) is 0 Å². The Morgan fingerprint density at radius 3 is 3.00 bits per heavy atom. The smallest absolute Gasteiger partial charge is 0.0699 e. The van der Waals surface area contributed by atoms with Crippen molar-refractivity contribution < 1.29 is 9.47 Å². The van der Waals surface area contributed by atoms with Gasteiger partial charge in [-0.3, -0.25) is 0 Å². The van der Waals surface area contributed by atoms with Gasteiger partial charge >= 0.3 is 0 Å². The van der Waals surface area contributed by atoms with Gasteiger partial charge in [0, 0.05) is 31.8 Å². The molecule has 0 spiro atoms. The number of nitrogens with one attached hydrogen (secondary N) is 2. The molecule has 2 heterocycles. The Morgan fingerprint density at radius 2 is 2.29 bits per heavy atom. The summed E-state index contributed by atoms with van der Waals surface area (Å²) in [5.74, 6) is 0. The highest BCUT2D eigenvalue weighted by molar-refractivity contribution is 4.77. The average Bonchev–Trinajstić information content (AvgIpc) is 2.39. The van der Waals surface area contributed by atoms with Crippen molar-refractivity contribution in [1.29, 1.82) is 0 Å². The highest BCUT2D eigenvalue weighted by atomic mass is 16.5. The summed E-state index contributed by atoms with van der Waals surface area (Å²) >= 11 is 0. The molecule has 2 N–H and O–H groups in total. The van der Waals surface area contributed by atoms with Crippen molar-refractivity contribution in [3.8, 4) is 0 Å². The number of morpholine rings is 1. The topological polar surface area (TPSA) is 42.5 Å². The zero-order valence-electron chi connectivity index (χ0n) is 10.9. The largest absolute Gasteiger partial charge is 0.379 e. The SMILES string of the molecule is CC(CC1COCCN1)NCC1CCCCO1. The highest BCUT2D eigenvalue weighted by Gasteiger charge is 2.18. The first-order valence-electron chi connectivity index (χ1n) is 7.00. The summed E-state index contributed by atoms with van der Waals surface area (Å²) in [6.07, 6.45) is 5.33. The molecule has 17 heavy (non-hydrogen) atoms. The van der Waals surface area contributed by atoms with Gasteiger partial charge in [0.25, 0.3) is 0 Å². The van der Waals surface area contributed by atoms with Crippen LogP contribution in [0.4, 0.5) is 0 Å². The molecule has 2 saturated heterocycles. The molecule has 0 saturated carbocycles. The van der Waals surface area contributed by atoms with E-state index < -0.39 is 0 Å². The molecule has 4 heteroatoms. The van der Waals surface area contributed by atoms with E-state index in [4.69, 9.17) is 9.47 Å². The molecule has 2 aliphatic heterocycles. The Labute approximate surface area is 104 Å². The fraction of sp³-hybridized carbons (Fsp3) is 1.00. The Morgan fingerprint density at radius 1 is 1.35 bits per heavy atom. The molecule has 3 unspecified atom stereocenters. The zero-order valence-corrected chi connectivity index (χ0v) is 10.9. The number of ether oxygens (including phenoxy) is 2. The molecule has 0 amide bonds. The minimum atomic E-state index is 0.432. The van der Waals surface area contributed by atoms with Crippen molar-refractivity contribution in [3.63, 3.8) is 0 Å². The van der Waals surface area contributed by atoms with Gasteiger partial charge in [-0.1, -0.05) is 0 Å². The molecule has 0 bridgehead atoms. The van der Waals surface area contributed by atoms with Crippen LogP contribution in [-0.2, 0) is 9.47 Å². The second kappa shape index (κ2) is 7.31. The van der Waals surface area contributed by atoms with Crippen molar-refractivity contribution in [2.75, 3.05) is 32.9 Å². The second-order valence-electron chi connectivity index (χ2n) is 5.26. The lowest BCUT2D eigenvalue weighted by Crippen LogP contribution is -2.46. The Hall–Kier alpha value is -0.160. The van der Waals surface area contributed by atoms with Gasteiger partial charge < -0.3 is 20.1 Å². The van der Waals surface area contributed by atoms with Gasteiger partial charge in [-0.05, 0) is 32.6 Å². The second-order valence-corrected chi connectivity index (χ2v) is 5.26. The molecule has 0 aromatic carbocycles. The van der Waals surface area contributed by atoms with E-state index in [9.17, 15) is 0 Å². The van der Waals surface area contributed by atoms with Gasteiger partial charge in [-0.2, -0.15) is 0 Å². The van der Waals surface area contributed by atoms with Crippen LogP contribution < -0.4 is 10.6 Å². The van der Waals surface area contributed by atoms with E-state index in [-0.39, 0.29) is 0 Å². The van der Waals surface area contributed by atoms with Crippen LogP contribution in [0, 0.1) is 0 Å². The molecule has 0 aromatic rings. The minimum Gasteiger partial charge on any atom is -0.379 e. The van der Waals surface area contributed by atoms with Crippen molar-refractivity contribution >= 4 is 0 Å². The fourth-order valence-electron chi connectivity index (χ4n) is 2.58. The molecular formula is C13H26N2O2. The molecule has 0 aromatic heterocycles. The molecule has 100 valence electrons. The third-order valence-electron chi connectivity index (χ3n) is 3.60. The van der Waals surface area contributed by atoms with E-state index in [0.29, 0.717) is 18.2 Å². The van der Waals surface area contributed by atoms with E-state index in [1.807, 2.05) is 0 Å². The fourth-order valence-corrected chi connectivity index (χ4v) is 2.58. The molecule has 2 aliphatic rings. The molecule has 3 atom stereocenters. The Balaban J connectivity index is 1.57. The molecule has 2 rings (SSSR count). The van der Waals surface area contributed by atoms with E-state index in [2.05, 4.69) is 17.6 Å². The first-order chi connectivity index (χ1) is 8.34. The summed E-state index contributed by atoms with van der Waals surface area (Å²) < 4.78 is 11.2. The van der Waals surface area contributed by atoms with Crippen molar-refractivity contribution in [1.82, 2.24) is 10.6 Å². The maximum absolute atomic E-state index is 5.72. The van der Waals surface area contributed by atoms with Crippen molar-refractivity contribution in [2.24, 2.45) is 0 Å². The van der Waals surface area contributed by atoms with Crippen LogP contribution >= 0.6 is 0 Å². The summed E-state index contributed by atoms with van der Waals surface area (Å²) in [6.45, 7) is 6.88. The number of hydrogen-bond donors (Lipinski definition) is 2. The predicted molar refractivity (Wildman–Crippen MR) is 68.3 cm³/mol. The summed E-state index contributed by atoms with van der Waals surface area (Å²) in [4.78, 5) is 0. The van der Waals surface area contributed by atoms with Gasteiger partial charge in [-0.25, -0.2) is 0 Å². The standard InChI is InChI=1S/C13H26N2O2/c1-11(8-12-10-16-7-5-14-12)15-9-13-4-2-3-6-17-13/h11-15H,2-10H2,1H3. The normalized spacial score (nSPS) is 32.3. The van der Waals surface area contributed by atoms with Crippen LogP contribution in [0.25, 0.3) is 0 Å². The van der Waals surface area contributed by atoms with Gasteiger partial charge in [0.05, 0.1) is 19.3 Å². The third kappa shape index (κ3) is 4.92. The summed E-state index contributed by atoms with van der Waals surface area (Å²) in [5.41, 5.74) is 0. The monoisotopic (exact) mass is 242 g/mol. The highest BCUT2D eigenvalue weighted by Crippen LogP contribution is 2.12. The van der Waals surface area contributed by atoms with E-state index in [1.54, 1.807) is 0 Å². The molecule has 0 radical (unpaired) electrons. The maximum Gasteiger partial charge on any atom is 0.0699 e. The maximum atomic E-state index is 5.72. The Kier molecular flexibility index (Phi) is 5.71. The van der Waals surface area contributed by atoms with Crippen LogP contribution in [0.5, 0.6) is 0 Å². The number of hydrogen-bond acceptors (Lipinski definition) is 4. The summed E-state index contributed by atoms with van der Waals surface area (Å²) in [7, 11) is 0. The number of rotatable bonds is 5. The van der Waals surface area contributed by atoms with Crippen molar-refractivity contribution in [2.45, 2.75) is 50.8 Å². The van der Waals surface area contributed by atoms with Gasteiger partial charge in [0.15, 0.2) is 0 Å². The van der Waals surface area contributed by atoms with Gasteiger partial charge in [0.2, 0.25) is 0 Å². The summed E-state index contributed by atoms with van der Waals surface area (Å²) in [5, 5.41) is 7.07. The quantitative estimate of drug-likeness (QED) is 0.752. The lowest BCUT2D eigenvalue weighted by Gasteiger charge is -2.28. The van der Waals surface area contributed by atoms with Crippen LogP contribution in [-0.4, -0.2) is 51.1 Å². The molecule has 0 aliphatic carbocycles. The zero-order chi connectivity index (χ0) is 11.9. The van der Waals surface area contributed by atoms with Gasteiger partial charge in [0.1, 0.15) is 0 Å². The minimum absolute atomic E-state index is 0.432. The van der Waals surface area contributed by atoms with E-state index in [0.717, 1.165) is 39.3 Å². The third-order valence-corrected chi connectivity index (χ3v) is 3.60. The first-order valence-corrected chi connectivity index (χ1v) is 7.00.